The number of hydrogen-bond acceptors (Lipinski definition) is 0. The third-order valence-corrected chi connectivity index (χ3v) is 3.55. The standard InChI is InChI=1S/C15H29Br/c1-2-3-4-5-6-7-8-9-10-11-12-13-14-15-16/h2-3H,4-15H2,1H3/b3-2-. The summed E-state index contributed by atoms with van der Waals surface area (Å²) in [6, 6.07) is 0. The van der Waals surface area contributed by atoms with Crippen LogP contribution in [-0.2, 0) is 0 Å². The van der Waals surface area contributed by atoms with E-state index in [1.54, 1.807) is 0 Å². The molecule has 0 bridgehead atoms. The van der Waals surface area contributed by atoms with E-state index in [1.165, 1.54) is 76.0 Å². The van der Waals surface area contributed by atoms with Crippen molar-refractivity contribution in [3.63, 3.8) is 0 Å². The number of hydrogen-bond donors (Lipinski definition) is 0. The summed E-state index contributed by atoms with van der Waals surface area (Å²) >= 11 is 3.47. The van der Waals surface area contributed by atoms with Gasteiger partial charge in [-0.2, -0.15) is 0 Å². The molecule has 0 aliphatic heterocycles. The fourth-order valence-corrected chi connectivity index (χ4v) is 2.33. The van der Waals surface area contributed by atoms with Gasteiger partial charge in [-0.3, -0.25) is 0 Å². The van der Waals surface area contributed by atoms with Gasteiger partial charge >= 0.3 is 0 Å². The van der Waals surface area contributed by atoms with Crippen LogP contribution in [-0.4, -0.2) is 5.33 Å². The largest absolute Gasteiger partial charge is 0.0928 e. The highest BCUT2D eigenvalue weighted by atomic mass is 79.9. The van der Waals surface area contributed by atoms with Gasteiger partial charge in [0, 0.05) is 5.33 Å². The van der Waals surface area contributed by atoms with Crippen molar-refractivity contribution in [2.75, 3.05) is 5.33 Å². The van der Waals surface area contributed by atoms with E-state index in [2.05, 4.69) is 35.0 Å². The SMILES string of the molecule is C/C=C\CCCCCCCCCCCCBr. The maximum absolute atomic E-state index is 3.47. The van der Waals surface area contributed by atoms with Crippen molar-refractivity contribution >= 4 is 15.9 Å². The number of rotatable bonds is 12. The fourth-order valence-electron chi connectivity index (χ4n) is 1.94. The Morgan fingerprint density at radius 2 is 1.12 bits per heavy atom. The summed E-state index contributed by atoms with van der Waals surface area (Å²) in [5, 5.41) is 1.18. The Kier molecular flexibility index (Phi) is 15.4. The number of unbranched alkanes of at least 4 members (excludes halogenated alkanes) is 10. The molecule has 0 aromatic carbocycles. The van der Waals surface area contributed by atoms with E-state index >= 15 is 0 Å². The van der Waals surface area contributed by atoms with E-state index < -0.39 is 0 Å². The fraction of sp³-hybridized carbons (Fsp3) is 0.867. The van der Waals surface area contributed by atoms with Crippen LogP contribution in [0.4, 0.5) is 0 Å². The predicted octanol–water partition coefficient (Wildman–Crippen LogP) is 6.25. The van der Waals surface area contributed by atoms with Crippen LogP contribution in [0.15, 0.2) is 12.2 Å². The molecule has 0 saturated heterocycles. The molecule has 0 aliphatic carbocycles. The van der Waals surface area contributed by atoms with Crippen molar-refractivity contribution in [1.29, 1.82) is 0 Å². The molecule has 1 heteroatoms. The summed E-state index contributed by atoms with van der Waals surface area (Å²) in [4.78, 5) is 0. The van der Waals surface area contributed by atoms with Crippen molar-refractivity contribution in [3.05, 3.63) is 12.2 Å². The van der Waals surface area contributed by atoms with Gasteiger partial charge in [0.25, 0.3) is 0 Å². The average molecular weight is 289 g/mol. The van der Waals surface area contributed by atoms with E-state index in [-0.39, 0.29) is 0 Å². The van der Waals surface area contributed by atoms with Gasteiger partial charge in [0.15, 0.2) is 0 Å². The quantitative estimate of drug-likeness (QED) is 0.226. The van der Waals surface area contributed by atoms with Crippen LogP contribution in [0.25, 0.3) is 0 Å². The lowest BCUT2D eigenvalue weighted by Gasteiger charge is -2.01. The molecule has 96 valence electrons. The molecule has 0 fully saturated rings. The summed E-state index contributed by atoms with van der Waals surface area (Å²) in [6.07, 6.45) is 20.0. The van der Waals surface area contributed by atoms with Gasteiger partial charge in [-0.05, 0) is 26.2 Å². The van der Waals surface area contributed by atoms with Crippen LogP contribution in [0, 0.1) is 0 Å². The molecule has 0 aromatic rings. The molecule has 0 rings (SSSR count). The molecule has 0 radical (unpaired) electrons. The Balaban J connectivity index is 2.88. The molecule has 16 heavy (non-hydrogen) atoms. The molecule has 0 atom stereocenters. The maximum Gasteiger partial charge on any atom is 0.00313 e. The number of alkyl halides is 1. The van der Waals surface area contributed by atoms with Gasteiger partial charge in [0.1, 0.15) is 0 Å². The van der Waals surface area contributed by atoms with Gasteiger partial charge in [-0.15, -0.1) is 0 Å². The summed E-state index contributed by atoms with van der Waals surface area (Å²) in [7, 11) is 0. The minimum absolute atomic E-state index is 1.18. The Labute approximate surface area is 111 Å². The van der Waals surface area contributed by atoms with E-state index in [4.69, 9.17) is 0 Å². The molecule has 0 aliphatic rings. The van der Waals surface area contributed by atoms with Crippen LogP contribution in [0.2, 0.25) is 0 Å². The van der Waals surface area contributed by atoms with Crippen molar-refractivity contribution < 1.29 is 0 Å². The Hall–Kier alpha value is 0.220. The molecule has 0 aromatic heterocycles. The van der Waals surface area contributed by atoms with Crippen LogP contribution >= 0.6 is 15.9 Å². The normalized spacial score (nSPS) is 11.4. The minimum atomic E-state index is 1.18. The Morgan fingerprint density at radius 3 is 1.56 bits per heavy atom. The molecule has 0 nitrogen and oxygen atoms in total. The first-order chi connectivity index (χ1) is 7.91. The zero-order valence-electron chi connectivity index (χ0n) is 11.0. The number of allylic oxidation sites excluding steroid dienone is 2. The smallest absolute Gasteiger partial charge is 0.00313 e. The van der Waals surface area contributed by atoms with Gasteiger partial charge in [0.2, 0.25) is 0 Å². The van der Waals surface area contributed by atoms with E-state index in [0.717, 1.165) is 0 Å². The highest BCUT2D eigenvalue weighted by Crippen LogP contribution is 2.11. The highest BCUT2D eigenvalue weighted by Gasteiger charge is 1.92. The lowest BCUT2D eigenvalue weighted by molar-refractivity contribution is 0.558. The van der Waals surface area contributed by atoms with Crippen molar-refractivity contribution in [2.24, 2.45) is 0 Å². The van der Waals surface area contributed by atoms with E-state index in [9.17, 15) is 0 Å². The summed E-state index contributed by atoms with van der Waals surface area (Å²) in [6.45, 7) is 2.11. The highest BCUT2D eigenvalue weighted by molar-refractivity contribution is 9.09. The van der Waals surface area contributed by atoms with Gasteiger partial charge in [0.05, 0.1) is 0 Å². The topological polar surface area (TPSA) is 0 Å². The average Bonchev–Trinajstić information content (AvgIpc) is 2.31. The molecule has 0 spiro atoms. The third-order valence-electron chi connectivity index (χ3n) is 2.99. The second kappa shape index (κ2) is 15.2. The lowest BCUT2D eigenvalue weighted by atomic mass is 10.1. The second-order valence-corrected chi connectivity index (χ2v) is 5.38. The van der Waals surface area contributed by atoms with Crippen molar-refractivity contribution in [3.8, 4) is 0 Å². The molecular weight excluding hydrogens is 260 g/mol. The molecule has 0 saturated carbocycles. The molecule has 0 heterocycles. The van der Waals surface area contributed by atoms with E-state index in [1.807, 2.05) is 0 Å². The van der Waals surface area contributed by atoms with Crippen LogP contribution in [0.1, 0.15) is 77.6 Å². The maximum atomic E-state index is 3.47. The first-order valence-corrected chi connectivity index (χ1v) is 8.21. The van der Waals surface area contributed by atoms with Gasteiger partial charge < -0.3 is 0 Å². The third kappa shape index (κ3) is 14.2. The second-order valence-electron chi connectivity index (χ2n) is 4.58. The molecule has 0 unspecified atom stereocenters. The summed E-state index contributed by atoms with van der Waals surface area (Å²) < 4.78 is 0. The van der Waals surface area contributed by atoms with Crippen LogP contribution < -0.4 is 0 Å². The molecular formula is C15H29Br. The predicted molar refractivity (Wildman–Crippen MR) is 79.4 cm³/mol. The Bertz CT molecular complexity index is 140. The molecule has 0 N–H and O–H groups in total. The monoisotopic (exact) mass is 288 g/mol. The van der Waals surface area contributed by atoms with Crippen LogP contribution in [0.3, 0.4) is 0 Å². The molecule has 0 amide bonds. The first-order valence-electron chi connectivity index (χ1n) is 7.09. The number of halogens is 1. The first kappa shape index (κ1) is 16.2. The van der Waals surface area contributed by atoms with Gasteiger partial charge in [-0.25, -0.2) is 0 Å². The summed E-state index contributed by atoms with van der Waals surface area (Å²) in [5.74, 6) is 0. The zero-order chi connectivity index (χ0) is 11.9. The van der Waals surface area contributed by atoms with E-state index in [0.29, 0.717) is 0 Å². The van der Waals surface area contributed by atoms with Gasteiger partial charge in [-0.1, -0.05) is 79.4 Å². The summed E-state index contributed by atoms with van der Waals surface area (Å²) in [5.41, 5.74) is 0. The minimum Gasteiger partial charge on any atom is -0.0928 e. The van der Waals surface area contributed by atoms with Crippen LogP contribution in [0.5, 0.6) is 0 Å². The zero-order valence-corrected chi connectivity index (χ0v) is 12.6. The lowest BCUT2D eigenvalue weighted by Crippen LogP contribution is -1.82. The van der Waals surface area contributed by atoms with Crippen molar-refractivity contribution in [1.82, 2.24) is 0 Å². The Morgan fingerprint density at radius 1 is 0.688 bits per heavy atom. The van der Waals surface area contributed by atoms with Crippen molar-refractivity contribution in [2.45, 2.75) is 77.6 Å².